The first-order chi connectivity index (χ1) is 8.85. The summed E-state index contributed by atoms with van der Waals surface area (Å²) in [5, 5.41) is 3.35. The van der Waals surface area contributed by atoms with Gasteiger partial charge in [0.1, 0.15) is 12.4 Å². The molecule has 1 aromatic rings. The molecule has 0 saturated carbocycles. The lowest BCUT2D eigenvalue weighted by Gasteiger charge is -2.37. The van der Waals surface area contributed by atoms with E-state index in [0.717, 1.165) is 13.1 Å². The molecule has 4 nitrogen and oxygen atoms in total. The van der Waals surface area contributed by atoms with E-state index in [-0.39, 0.29) is 12.4 Å². The summed E-state index contributed by atoms with van der Waals surface area (Å²) in [5.74, 6) is 0.471. The second-order valence-corrected chi connectivity index (χ2v) is 5.17. The van der Waals surface area contributed by atoms with Crippen LogP contribution in [0.25, 0.3) is 0 Å². The fourth-order valence-electron chi connectivity index (χ4n) is 2.33. The van der Waals surface area contributed by atoms with Crippen molar-refractivity contribution in [3.63, 3.8) is 0 Å². The molecule has 2 heterocycles. The molecule has 116 valence electrons. The van der Waals surface area contributed by atoms with Crippen molar-refractivity contribution in [2.45, 2.75) is 45.2 Å². The SMILES string of the molecule is CC1CN(Cc2nccn2CC(F)(F)F)C(C)CN1.Cl. The maximum Gasteiger partial charge on any atom is 0.406 e. The van der Waals surface area contributed by atoms with E-state index in [1.165, 1.54) is 17.0 Å². The number of piperazine rings is 1. The number of aromatic nitrogens is 2. The van der Waals surface area contributed by atoms with Gasteiger partial charge in [-0.2, -0.15) is 13.2 Å². The van der Waals surface area contributed by atoms with Gasteiger partial charge in [-0.25, -0.2) is 4.98 Å². The maximum absolute atomic E-state index is 12.4. The third-order valence-corrected chi connectivity index (χ3v) is 3.39. The van der Waals surface area contributed by atoms with Crippen LogP contribution in [0.2, 0.25) is 0 Å². The Morgan fingerprint density at radius 3 is 2.75 bits per heavy atom. The maximum atomic E-state index is 12.4. The van der Waals surface area contributed by atoms with Gasteiger partial charge in [0.15, 0.2) is 0 Å². The quantitative estimate of drug-likeness (QED) is 0.927. The summed E-state index contributed by atoms with van der Waals surface area (Å²) in [6, 6.07) is 0.648. The van der Waals surface area contributed by atoms with Crippen LogP contribution in [-0.2, 0) is 13.1 Å². The normalized spacial score (nSPS) is 24.4. The summed E-state index contributed by atoms with van der Waals surface area (Å²) in [4.78, 5) is 6.22. The smallest absolute Gasteiger partial charge is 0.325 e. The molecule has 1 N–H and O–H groups in total. The van der Waals surface area contributed by atoms with Gasteiger partial charge < -0.3 is 9.88 Å². The summed E-state index contributed by atoms with van der Waals surface area (Å²) in [6.07, 6.45) is -1.39. The Morgan fingerprint density at radius 1 is 1.40 bits per heavy atom. The average molecular weight is 313 g/mol. The Kier molecular flexibility index (Phi) is 5.85. The van der Waals surface area contributed by atoms with Crippen molar-refractivity contribution in [2.75, 3.05) is 13.1 Å². The lowest BCUT2D eigenvalue weighted by Crippen LogP contribution is -2.54. The number of rotatable bonds is 3. The van der Waals surface area contributed by atoms with Gasteiger partial charge in [-0.15, -0.1) is 12.4 Å². The van der Waals surface area contributed by atoms with Gasteiger partial charge in [0.05, 0.1) is 6.54 Å². The van der Waals surface area contributed by atoms with Gasteiger partial charge >= 0.3 is 6.18 Å². The zero-order chi connectivity index (χ0) is 14.0. The Hall–Kier alpha value is -0.790. The number of nitrogens with one attached hydrogen (secondary N) is 1. The number of nitrogens with zero attached hydrogens (tertiary/aromatic N) is 3. The van der Waals surface area contributed by atoms with Crippen LogP contribution in [-0.4, -0.2) is 45.8 Å². The second-order valence-electron chi connectivity index (χ2n) is 5.17. The number of halogens is 4. The highest BCUT2D eigenvalue weighted by Crippen LogP contribution is 2.19. The van der Waals surface area contributed by atoms with Crippen LogP contribution in [0.15, 0.2) is 12.4 Å². The molecule has 0 aliphatic carbocycles. The summed E-state index contributed by atoms with van der Waals surface area (Å²) in [7, 11) is 0. The third kappa shape index (κ3) is 4.64. The highest BCUT2D eigenvalue weighted by Gasteiger charge is 2.30. The number of alkyl halides is 3. The molecule has 0 aromatic carbocycles. The lowest BCUT2D eigenvalue weighted by atomic mass is 10.1. The van der Waals surface area contributed by atoms with Crippen LogP contribution < -0.4 is 5.32 Å². The fraction of sp³-hybridized carbons (Fsp3) is 0.750. The number of imidazole rings is 1. The molecular weight excluding hydrogens is 293 g/mol. The molecule has 1 aromatic heterocycles. The minimum atomic E-state index is -4.21. The highest BCUT2D eigenvalue weighted by atomic mass is 35.5. The highest BCUT2D eigenvalue weighted by molar-refractivity contribution is 5.85. The summed E-state index contributed by atoms with van der Waals surface area (Å²) < 4.78 is 38.5. The van der Waals surface area contributed by atoms with Crippen molar-refractivity contribution in [1.82, 2.24) is 19.8 Å². The zero-order valence-electron chi connectivity index (χ0n) is 11.5. The predicted molar refractivity (Wildman–Crippen MR) is 72.9 cm³/mol. The van der Waals surface area contributed by atoms with Crippen LogP contribution in [0.3, 0.4) is 0 Å². The largest absolute Gasteiger partial charge is 0.406 e. The van der Waals surface area contributed by atoms with Crippen molar-refractivity contribution in [1.29, 1.82) is 0 Å². The Morgan fingerprint density at radius 2 is 2.10 bits per heavy atom. The van der Waals surface area contributed by atoms with E-state index < -0.39 is 12.7 Å². The summed E-state index contributed by atoms with van der Waals surface area (Å²) >= 11 is 0. The molecule has 20 heavy (non-hydrogen) atoms. The van der Waals surface area contributed by atoms with Crippen molar-refractivity contribution in [3.8, 4) is 0 Å². The van der Waals surface area contributed by atoms with Crippen molar-refractivity contribution in [2.24, 2.45) is 0 Å². The second kappa shape index (κ2) is 6.78. The Bertz CT molecular complexity index is 421. The van der Waals surface area contributed by atoms with Crippen molar-refractivity contribution in [3.05, 3.63) is 18.2 Å². The minimum absolute atomic E-state index is 0. The van der Waals surface area contributed by atoms with Crippen molar-refractivity contribution >= 4 is 12.4 Å². The molecule has 2 unspecified atom stereocenters. The van der Waals surface area contributed by atoms with Crippen LogP contribution in [0, 0.1) is 0 Å². The van der Waals surface area contributed by atoms with Gasteiger partial charge in [0.25, 0.3) is 0 Å². The van der Waals surface area contributed by atoms with Gasteiger partial charge in [-0.3, -0.25) is 4.90 Å². The first kappa shape index (κ1) is 17.3. The molecule has 0 spiro atoms. The molecule has 8 heteroatoms. The summed E-state index contributed by atoms with van der Waals surface area (Å²) in [5.41, 5.74) is 0. The molecule has 1 aliphatic heterocycles. The van der Waals surface area contributed by atoms with Gasteiger partial charge in [-0.05, 0) is 13.8 Å². The molecule has 1 fully saturated rings. The molecule has 2 rings (SSSR count). The minimum Gasteiger partial charge on any atom is -0.325 e. The Balaban J connectivity index is 0.00000200. The van der Waals surface area contributed by atoms with E-state index in [0.29, 0.717) is 24.5 Å². The summed E-state index contributed by atoms with van der Waals surface area (Å²) in [6.45, 7) is 5.28. The first-order valence-corrected chi connectivity index (χ1v) is 6.39. The topological polar surface area (TPSA) is 33.1 Å². The van der Waals surface area contributed by atoms with Crippen LogP contribution in [0.4, 0.5) is 13.2 Å². The van der Waals surface area contributed by atoms with Gasteiger partial charge in [0, 0.05) is 37.6 Å². The van der Waals surface area contributed by atoms with E-state index in [4.69, 9.17) is 0 Å². The predicted octanol–water partition coefficient (Wildman–Crippen LogP) is 2.05. The standard InChI is InChI=1S/C12H19F3N4.ClH/c1-9-6-19(10(2)5-17-9)7-11-16-3-4-18(11)8-12(13,14)15;/h3-4,9-10,17H,5-8H2,1-2H3;1H. The Labute approximate surface area is 122 Å². The fourth-order valence-corrected chi connectivity index (χ4v) is 2.33. The van der Waals surface area contributed by atoms with E-state index >= 15 is 0 Å². The lowest BCUT2D eigenvalue weighted by molar-refractivity contribution is -0.141. The van der Waals surface area contributed by atoms with Crippen LogP contribution in [0.1, 0.15) is 19.7 Å². The molecule has 0 bridgehead atoms. The van der Waals surface area contributed by atoms with E-state index in [9.17, 15) is 13.2 Å². The van der Waals surface area contributed by atoms with Crippen LogP contribution >= 0.6 is 12.4 Å². The number of hydrogen-bond donors (Lipinski definition) is 1. The molecule has 0 radical (unpaired) electrons. The average Bonchev–Trinajstić information content (AvgIpc) is 2.69. The van der Waals surface area contributed by atoms with E-state index in [1.807, 2.05) is 0 Å². The van der Waals surface area contributed by atoms with Crippen molar-refractivity contribution < 1.29 is 13.2 Å². The van der Waals surface area contributed by atoms with E-state index in [1.54, 1.807) is 0 Å². The number of hydrogen-bond acceptors (Lipinski definition) is 3. The molecule has 1 saturated heterocycles. The van der Waals surface area contributed by atoms with Gasteiger partial charge in [-0.1, -0.05) is 0 Å². The van der Waals surface area contributed by atoms with Gasteiger partial charge in [0.2, 0.25) is 0 Å². The molecular formula is C12H20ClF3N4. The van der Waals surface area contributed by atoms with E-state index in [2.05, 4.69) is 29.0 Å². The molecule has 0 amide bonds. The first-order valence-electron chi connectivity index (χ1n) is 6.39. The molecule has 2 atom stereocenters. The third-order valence-electron chi connectivity index (χ3n) is 3.39. The zero-order valence-corrected chi connectivity index (χ0v) is 12.3. The molecule has 1 aliphatic rings. The van der Waals surface area contributed by atoms with Crippen LogP contribution in [0.5, 0.6) is 0 Å². The monoisotopic (exact) mass is 312 g/mol.